The molecule has 0 aliphatic carbocycles. The number of carbonyl (C=O) groups excluding carboxylic acids is 2. The zero-order valence-corrected chi connectivity index (χ0v) is 19.7. The minimum absolute atomic E-state index is 0.0105. The molecule has 7 nitrogen and oxygen atoms in total. The van der Waals surface area contributed by atoms with E-state index in [4.69, 9.17) is 14.2 Å². The molecule has 180 valence electrons. The molecule has 1 fully saturated rings. The van der Waals surface area contributed by atoms with E-state index >= 15 is 0 Å². The van der Waals surface area contributed by atoms with Gasteiger partial charge in [-0.3, -0.25) is 9.69 Å². The number of benzene rings is 3. The minimum Gasteiger partial charge on any atom is -0.496 e. The third-order valence-corrected chi connectivity index (χ3v) is 6.57. The molecule has 2 aliphatic rings. The molecular weight excluding hydrogens is 444 g/mol. The SMILES string of the molecule is COc1cc(OCc2ccccc2)ccc1C(=O)N1CCC(N2C(=O)OCc3ccccc32)CC1. The average molecular weight is 473 g/mol. The van der Waals surface area contributed by atoms with Crippen molar-refractivity contribution in [2.24, 2.45) is 0 Å². The van der Waals surface area contributed by atoms with Gasteiger partial charge in [-0.15, -0.1) is 0 Å². The molecule has 0 bridgehead atoms. The molecule has 35 heavy (non-hydrogen) atoms. The lowest BCUT2D eigenvalue weighted by atomic mass is 10.00. The van der Waals surface area contributed by atoms with Gasteiger partial charge in [0.15, 0.2) is 0 Å². The van der Waals surface area contributed by atoms with Gasteiger partial charge in [0.25, 0.3) is 5.91 Å². The molecule has 0 radical (unpaired) electrons. The first-order valence-corrected chi connectivity index (χ1v) is 11.8. The van der Waals surface area contributed by atoms with Crippen LogP contribution in [0.3, 0.4) is 0 Å². The van der Waals surface area contributed by atoms with Crippen LogP contribution in [-0.2, 0) is 18.0 Å². The summed E-state index contributed by atoms with van der Waals surface area (Å²) in [5.41, 5.74) is 3.47. The van der Waals surface area contributed by atoms with Crippen LogP contribution in [0.15, 0.2) is 72.8 Å². The molecule has 0 unspecified atom stereocenters. The van der Waals surface area contributed by atoms with Crippen LogP contribution in [0.5, 0.6) is 11.5 Å². The summed E-state index contributed by atoms with van der Waals surface area (Å²) in [6.45, 7) is 1.83. The van der Waals surface area contributed by atoms with Crippen LogP contribution in [0, 0.1) is 0 Å². The molecule has 0 saturated carbocycles. The predicted molar refractivity (Wildman–Crippen MR) is 132 cm³/mol. The number of amides is 2. The van der Waals surface area contributed by atoms with Gasteiger partial charge in [0.05, 0.1) is 18.4 Å². The maximum atomic E-state index is 13.3. The molecular formula is C28H28N2O5. The van der Waals surface area contributed by atoms with Crippen molar-refractivity contribution in [2.75, 3.05) is 25.1 Å². The standard InChI is InChI=1S/C28H28N2O5/c1-33-26-17-23(34-18-20-7-3-2-4-8-20)11-12-24(26)27(31)29-15-13-22(14-16-29)30-25-10-6-5-9-21(25)19-35-28(30)32/h2-12,17,22H,13-16,18-19H2,1H3. The van der Waals surface area contributed by atoms with Crippen LogP contribution < -0.4 is 14.4 Å². The van der Waals surface area contributed by atoms with E-state index in [1.54, 1.807) is 30.2 Å². The molecule has 2 amide bonds. The Morgan fingerprint density at radius 2 is 1.74 bits per heavy atom. The second-order valence-corrected chi connectivity index (χ2v) is 8.71. The van der Waals surface area contributed by atoms with E-state index < -0.39 is 0 Å². The number of nitrogens with zero attached hydrogens (tertiary/aromatic N) is 2. The maximum Gasteiger partial charge on any atom is 0.414 e. The Morgan fingerprint density at radius 3 is 2.51 bits per heavy atom. The first-order valence-electron chi connectivity index (χ1n) is 11.8. The summed E-state index contributed by atoms with van der Waals surface area (Å²) >= 11 is 0. The van der Waals surface area contributed by atoms with E-state index in [1.165, 1.54) is 0 Å². The fraction of sp³-hybridized carbons (Fsp3) is 0.286. The fourth-order valence-electron chi connectivity index (χ4n) is 4.70. The number of hydrogen-bond donors (Lipinski definition) is 0. The number of likely N-dealkylation sites (tertiary alicyclic amines) is 1. The molecule has 0 aromatic heterocycles. The van der Waals surface area contributed by atoms with E-state index in [0.717, 1.165) is 16.8 Å². The highest BCUT2D eigenvalue weighted by atomic mass is 16.6. The van der Waals surface area contributed by atoms with Crippen molar-refractivity contribution in [1.82, 2.24) is 4.90 Å². The van der Waals surface area contributed by atoms with Crippen LogP contribution in [0.2, 0.25) is 0 Å². The molecule has 0 atom stereocenters. The first kappa shape index (κ1) is 22.8. The lowest BCUT2D eigenvalue weighted by Gasteiger charge is -2.40. The largest absolute Gasteiger partial charge is 0.496 e. The van der Waals surface area contributed by atoms with Crippen molar-refractivity contribution >= 4 is 17.7 Å². The number of carbonyl (C=O) groups is 2. The van der Waals surface area contributed by atoms with E-state index in [2.05, 4.69) is 0 Å². The Kier molecular flexibility index (Phi) is 6.57. The Balaban J connectivity index is 1.24. The van der Waals surface area contributed by atoms with E-state index in [-0.39, 0.29) is 18.0 Å². The predicted octanol–water partition coefficient (Wildman–Crippen LogP) is 5.04. The lowest BCUT2D eigenvalue weighted by molar-refractivity contribution is 0.0705. The van der Waals surface area contributed by atoms with Crippen LogP contribution in [0.25, 0.3) is 0 Å². The molecule has 5 rings (SSSR count). The number of anilines is 1. The number of ether oxygens (including phenoxy) is 3. The highest BCUT2D eigenvalue weighted by Gasteiger charge is 2.35. The summed E-state index contributed by atoms with van der Waals surface area (Å²) in [4.78, 5) is 29.4. The number of fused-ring (bicyclic) bond motifs is 1. The molecule has 0 N–H and O–H groups in total. The number of piperidine rings is 1. The van der Waals surface area contributed by atoms with Crippen molar-refractivity contribution in [3.8, 4) is 11.5 Å². The van der Waals surface area contributed by atoms with Gasteiger partial charge in [-0.1, -0.05) is 48.5 Å². The van der Waals surface area contributed by atoms with Crippen molar-refractivity contribution in [3.05, 3.63) is 89.5 Å². The summed E-state index contributed by atoms with van der Waals surface area (Å²) in [7, 11) is 1.55. The second-order valence-electron chi connectivity index (χ2n) is 8.71. The molecule has 2 aliphatic heterocycles. The van der Waals surface area contributed by atoms with E-state index in [0.29, 0.717) is 56.2 Å². The van der Waals surface area contributed by atoms with Crippen molar-refractivity contribution in [1.29, 1.82) is 0 Å². The smallest absolute Gasteiger partial charge is 0.414 e. The normalized spacial score (nSPS) is 15.9. The quantitative estimate of drug-likeness (QED) is 0.503. The summed E-state index contributed by atoms with van der Waals surface area (Å²) in [6.07, 6.45) is 1.03. The van der Waals surface area contributed by atoms with Crippen LogP contribution in [0.1, 0.15) is 34.3 Å². The van der Waals surface area contributed by atoms with Crippen LogP contribution in [0.4, 0.5) is 10.5 Å². The highest BCUT2D eigenvalue weighted by Crippen LogP contribution is 2.33. The van der Waals surface area contributed by atoms with Crippen LogP contribution >= 0.6 is 0 Å². The Morgan fingerprint density at radius 1 is 1.00 bits per heavy atom. The zero-order valence-electron chi connectivity index (χ0n) is 19.7. The number of cyclic esters (lactones) is 1. The van der Waals surface area contributed by atoms with Gasteiger partial charge >= 0.3 is 6.09 Å². The fourth-order valence-corrected chi connectivity index (χ4v) is 4.70. The van der Waals surface area contributed by atoms with Gasteiger partial charge in [-0.2, -0.15) is 0 Å². The number of para-hydroxylation sites is 1. The lowest BCUT2D eigenvalue weighted by Crippen LogP contribution is -2.50. The van der Waals surface area contributed by atoms with E-state index in [9.17, 15) is 9.59 Å². The molecule has 0 spiro atoms. The highest BCUT2D eigenvalue weighted by molar-refractivity contribution is 5.97. The van der Waals surface area contributed by atoms with Gasteiger partial charge in [0, 0.05) is 30.8 Å². The van der Waals surface area contributed by atoms with E-state index in [1.807, 2.05) is 59.5 Å². The summed E-state index contributed by atoms with van der Waals surface area (Å²) in [5, 5.41) is 0. The molecule has 1 saturated heterocycles. The average Bonchev–Trinajstić information content (AvgIpc) is 2.92. The number of rotatable bonds is 6. The summed E-state index contributed by atoms with van der Waals surface area (Å²) < 4.78 is 16.8. The topological polar surface area (TPSA) is 68.3 Å². The van der Waals surface area contributed by atoms with Gasteiger partial charge in [0.2, 0.25) is 0 Å². The van der Waals surface area contributed by atoms with Crippen LogP contribution in [-0.4, -0.2) is 43.1 Å². The Bertz CT molecular complexity index is 1200. The maximum absolute atomic E-state index is 13.3. The molecule has 3 aromatic rings. The number of methoxy groups -OCH3 is 1. The monoisotopic (exact) mass is 472 g/mol. The van der Waals surface area contributed by atoms with Crippen molar-refractivity contribution in [3.63, 3.8) is 0 Å². The van der Waals surface area contributed by atoms with Gasteiger partial charge in [-0.25, -0.2) is 4.79 Å². The van der Waals surface area contributed by atoms with Crippen molar-refractivity contribution in [2.45, 2.75) is 32.1 Å². The summed E-state index contributed by atoms with van der Waals surface area (Å²) in [5.74, 6) is 1.04. The molecule has 2 heterocycles. The third kappa shape index (κ3) is 4.80. The molecule has 7 heteroatoms. The zero-order chi connectivity index (χ0) is 24.2. The molecule has 3 aromatic carbocycles. The van der Waals surface area contributed by atoms with Gasteiger partial charge in [0.1, 0.15) is 24.7 Å². The Labute approximate surface area is 204 Å². The second kappa shape index (κ2) is 10.1. The number of hydrogen-bond acceptors (Lipinski definition) is 5. The van der Waals surface area contributed by atoms with Gasteiger partial charge < -0.3 is 19.1 Å². The first-order chi connectivity index (χ1) is 17.1. The van der Waals surface area contributed by atoms with Gasteiger partial charge in [-0.05, 0) is 36.6 Å². The minimum atomic E-state index is -0.318. The summed E-state index contributed by atoms with van der Waals surface area (Å²) in [6, 6.07) is 23.0. The Hall–Kier alpha value is -4.00. The van der Waals surface area contributed by atoms with Crippen molar-refractivity contribution < 1.29 is 23.8 Å². The third-order valence-electron chi connectivity index (χ3n) is 6.57.